The van der Waals surface area contributed by atoms with Gasteiger partial charge in [0.2, 0.25) is 11.8 Å². The fourth-order valence-electron chi connectivity index (χ4n) is 3.26. The highest BCUT2D eigenvalue weighted by atomic mass is 79.9. The van der Waals surface area contributed by atoms with Gasteiger partial charge in [0.05, 0.1) is 13.1 Å². The largest absolute Gasteiger partial charge is 0.346 e. The number of amides is 2. The lowest BCUT2D eigenvalue weighted by Crippen LogP contribution is -2.40. The van der Waals surface area contributed by atoms with Crippen LogP contribution in [0.15, 0.2) is 83.3 Å². The first-order valence-electron chi connectivity index (χ1n) is 10.2. The monoisotopic (exact) mass is 479 g/mol. The third-order valence-corrected chi connectivity index (χ3v) is 5.40. The summed E-state index contributed by atoms with van der Waals surface area (Å²) in [5, 5.41) is 8.83. The van der Waals surface area contributed by atoms with Crippen LogP contribution in [0, 0.1) is 6.92 Å². The van der Waals surface area contributed by atoms with E-state index in [1.807, 2.05) is 73.7 Å². The maximum atomic E-state index is 12.3. The number of anilines is 1. The van der Waals surface area contributed by atoms with Gasteiger partial charge in [-0.2, -0.15) is 0 Å². The van der Waals surface area contributed by atoms with Crippen molar-refractivity contribution in [3.63, 3.8) is 0 Å². The molecule has 1 atom stereocenters. The molecule has 3 aromatic rings. The van der Waals surface area contributed by atoms with Gasteiger partial charge in [0.15, 0.2) is 0 Å². The standard InChI is InChI=1S/C25H26BrN3O2/c1-18-14-21(26)12-13-22(18)29-25(31)17-28-24(30)16-27-23(20-10-6-3-7-11-20)15-19-8-4-2-5-9-19/h2-14,23,27H,15-17H2,1H3,(H,28,30)(H,29,31). The van der Waals surface area contributed by atoms with Gasteiger partial charge < -0.3 is 16.0 Å². The number of nitrogens with one attached hydrogen (secondary N) is 3. The molecule has 3 N–H and O–H groups in total. The SMILES string of the molecule is Cc1cc(Br)ccc1NC(=O)CNC(=O)CNC(Cc1ccccc1)c1ccccc1. The lowest BCUT2D eigenvalue weighted by molar-refractivity contribution is -0.123. The minimum atomic E-state index is -0.261. The Morgan fingerprint density at radius 3 is 2.23 bits per heavy atom. The van der Waals surface area contributed by atoms with E-state index in [1.54, 1.807) is 0 Å². The maximum absolute atomic E-state index is 12.3. The molecule has 3 aromatic carbocycles. The van der Waals surface area contributed by atoms with E-state index < -0.39 is 0 Å². The first kappa shape index (κ1) is 22.7. The molecule has 1 unspecified atom stereocenters. The van der Waals surface area contributed by atoms with Crippen molar-refractivity contribution in [2.45, 2.75) is 19.4 Å². The van der Waals surface area contributed by atoms with Gasteiger partial charge in [-0.15, -0.1) is 0 Å². The number of carbonyl (C=O) groups is 2. The molecule has 31 heavy (non-hydrogen) atoms. The van der Waals surface area contributed by atoms with Gasteiger partial charge in [-0.1, -0.05) is 76.6 Å². The van der Waals surface area contributed by atoms with E-state index in [0.717, 1.165) is 27.7 Å². The van der Waals surface area contributed by atoms with E-state index in [4.69, 9.17) is 0 Å². The summed E-state index contributed by atoms with van der Waals surface area (Å²) in [5.41, 5.74) is 3.98. The summed E-state index contributed by atoms with van der Waals surface area (Å²) in [6.07, 6.45) is 0.765. The zero-order valence-corrected chi connectivity index (χ0v) is 19.0. The van der Waals surface area contributed by atoms with Crippen molar-refractivity contribution < 1.29 is 9.59 Å². The molecule has 0 fully saturated rings. The summed E-state index contributed by atoms with van der Waals surface area (Å²) in [5.74, 6) is -0.487. The Bertz CT molecular complexity index is 1010. The number of aryl methyl sites for hydroxylation is 1. The predicted molar refractivity (Wildman–Crippen MR) is 128 cm³/mol. The van der Waals surface area contributed by atoms with Crippen LogP contribution < -0.4 is 16.0 Å². The minimum absolute atomic E-state index is 0.00593. The van der Waals surface area contributed by atoms with Crippen LogP contribution >= 0.6 is 15.9 Å². The molecule has 160 valence electrons. The van der Waals surface area contributed by atoms with E-state index in [0.29, 0.717) is 0 Å². The van der Waals surface area contributed by atoms with Crippen molar-refractivity contribution in [3.05, 3.63) is 100 Å². The van der Waals surface area contributed by atoms with Crippen LogP contribution in [0.2, 0.25) is 0 Å². The molecule has 6 heteroatoms. The Morgan fingerprint density at radius 1 is 0.871 bits per heavy atom. The summed E-state index contributed by atoms with van der Waals surface area (Å²) in [4.78, 5) is 24.5. The van der Waals surface area contributed by atoms with Crippen molar-refractivity contribution in [2.24, 2.45) is 0 Å². The molecule has 3 rings (SSSR count). The molecule has 0 heterocycles. The van der Waals surface area contributed by atoms with Gasteiger partial charge in [0.25, 0.3) is 0 Å². The highest BCUT2D eigenvalue weighted by Gasteiger charge is 2.14. The van der Waals surface area contributed by atoms with Crippen LogP contribution in [0.1, 0.15) is 22.7 Å². The Labute approximate surface area is 191 Å². The normalized spacial score (nSPS) is 11.5. The molecule has 0 aliphatic rings. The van der Waals surface area contributed by atoms with Crippen molar-refractivity contribution in [3.8, 4) is 0 Å². The first-order chi connectivity index (χ1) is 15.0. The first-order valence-corrected chi connectivity index (χ1v) is 11.0. The van der Waals surface area contributed by atoms with E-state index in [2.05, 4.69) is 44.0 Å². The molecule has 0 radical (unpaired) electrons. The minimum Gasteiger partial charge on any atom is -0.346 e. The van der Waals surface area contributed by atoms with Gasteiger partial charge in [0, 0.05) is 16.2 Å². The average molecular weight is 480 g/mol. The zero-order chi connectivity index (χ0) is 22.1. The molecule has 0 aliphatic carbocycles. The summed E-state index contributed by atoms with van der Waals surface area (Å²) in [7, 11) is 0. The molecule has 2 amide bonds. The predicted octanol–water partition coefficient (Wildman–Crippen LogP) is 4.39. The molecule has 5 nitrogen and oxygen atoms in total. The van der Waals surface area contributed by atoms with Crippen LogP contribution in [0.25, 0.3) is 0 Å². The third kappa shape index (κ3) is 7.35. The second-order valence-corrected chi connectivity index (χ2v) is 8.23. The number of hydrogen-bond donors (Lipinski definition) is 3. The van der Waals surface area contributed by atoms with E-state index in [-0.39, 0.29) is 30.9 Å². The molecular weight excluding hydrogens is 454 g/mol. The lowest BCUT2D eigenvalue weighted by atomic mass is 9.99. The number of hydrogen-bond acceptors (Lipinski definition) is 3. The van der Waals surface area contributed by atoms with Gasteiger partial charge >= 0.3 is 0 Å². The number of rotatable bonds is 9. The number of benzene rings is 3. The summed E-state index contributed by atoms with van der Waals surface area (Å²) >= 11 is 3.40. The fraction of sp³-hybridized carbons (Fsp3) is 0.200. The summed E-state index contributed by atoms with van der Waals surface area (Å²) in [6.45, 7) is 1.96. The van der Waals surface area contributed by atoms with Gasteiger partial charge in [-0.3, -0.25) is 9.59 Å². The van der Waals surface area contributed by atoms with Crippen LogP contribution in [0.5, 0.6) is 0 Å². The molecule has 0 spiro atoms. The van der Waals surface area contributed by atoms with Gasteiger partial charge in [0.1, 0.15) is 0 Å². The zero-order valence-electron chi connectivity index (χ0n) is 17.4. The van der Waals surface area contributed by atoms with Gasteiger partial charge in [-0.25, -0.2) is 0 Å². The molecule has 0 saturated heterocycles. The van der Waals surface area contributed by atoms with Crippen molar-refractivity contribution in [2.75, 3.05) is 18.4 Å². The number of halogens is 1. The van der Waals surface area contributed by atoms with Gasteiger partial charge in [-0.05, 0) is 48.2 Å². The summed E-state index contributed by atoms with van der Waals surface area (Å²) in [6, 6.07) is 25.8. The van der Waals surface area contributed by atoms with Crippen LogP contribution in [0.3, 0.4) is 0 Å². The lowest BCUT2D eigenvalue weighted by Gasteiger charge is -2.19. The van der Waals surface area contributed by atoms with Crippen molar-refractivity contribution in [1.82, 2.24) is 10.6 Å². The Kier molecular flexibility index (Phi) is 8.38. The van der Waals surface area contributed by atoms with E-state index in [9.17, 15) is 9.59 Å². The highest BCUT2D eigenvalue weighted by molar-refractivity contribution is 9.10. The smallest absolute Gasteiger partial charge is 0.243 e. The highest BCUT2D eigenvalue weighted by Crippen LogP contribution is 2.20. The Morgan fingerprint density at radius 2 is 1.55 bits per heavy atom. The third-order valence-electron chi connectivity index (χ3n) is 4.90. The molecule has 0 aliphatic heterocycles. The fourth-order valence-corrected chi connectivity index (χ4v) is 3.74. The quantitative estimate of drug-likeness (QED) is 0.426. The number of carbonyl (C=O) groups excluding carboxylic acids is 2. The summed E-state index contributed by atoms with van der Waals surface area (Å²) < 4.78 is 0.950. The average Bonchev–Trinajstić information content (AvgIpc) is 2.78. The van der Waals surface area contributed by atoms with E-state index in [1.165, 1.54) is 5.56 Å². The van der Waals surface area contributed by atoms with Crippen LogP contribution in [0.4, 0.5) is 5.69 Å². The van der Waals surface area contributed by atoms with E-state index >= 15 is 0 Å². The topological polar surface area (TPSA) is 70.2 Å². The Balaban J connectivity index is 1.51. The van der Waals surface area contributed by atoms with Crippen LogP contribution in [-0.2, 0) is 16.0 Å². The maximum Gasteiger partial charge on any atom is 0.243 e. The van der Waals surface area contributed by atoms with Crippen molar-refractivity contribution in [1.29, 1.82) is 0 Å². The van der Waals surface area contributed by atoms with Crippen molar-refractivity contribution >= 4 is 33.4 Å². The van der Waals surface area contributed by atoms with Crippen LogP contribution in [-0.4, -0.2) is 24.9 Å². The second kappa shape index (κ2) is 11.4. The Hall–Kier alpha value is -2.96. The second-order valence-electron chi connectivity index (χ2n) is 7.32. The molecule has 0 saturated carbocycles. The molecule has 0 bridgehead atoms. The molecular formula is C25H26BrN3O2. The molecule has 0 aromatic heterocycles.